The summed E-state index contributed by atoms with van der Waals surface area (Å²) in [4.78, 5) is 24.5. The fourth-order valence-electron chi connectivity index (χ4n) is 2.02. The first-order valence-corrected chi connectivity index (χ1v) is 7.60. The topological polar surface area (TPSA) is 55.8 Å². The lowest BCUT2D eigenvalue weighted by molar-refractivity contribution is -0.127. The van der Waals surface area contributed by atoms with Crippen molar-refractivity contribution in [1.82, 2.24) is 4.90 Å². The third-order valence-corrected chi connectivity index (χ3v) is 4.01. The fourth-order valence-corrected chi connectivity index (χ4v) is 2.71. The van der Waals surface area contributed by atoms with Crippen LogP contribution >= 0.6 is 11.8 Å². The molecule has 6 heteroatoms. The van der Waals surface area contributed by atoms with E-state index in [9.17, 15) is 9.59 Å². The SMILES string of the molecule is COCCOCCCN1CC(CSC(C)=O)CC1=O. The highest BCUT2D eigenvalue weighted by Gasteiger charge is 2.29. The van der Waals surface area contributed by atoms with Crippen molar-refractivity contribution in [3.63, 3.8) is 0 Å². The Kier molecular flexibility index (Phi) is 8.09. The Bertz CT molecular complexity index is 298. The molecule has 0 N–H and O–H groups in total. The quantitative estimate of drug-likeness (QED) is 0.596. The summed E-state index contributed by atoms with van der Waals surface area (Å²) in [5, 5.41) is 0.123. The monoisotopic (exact) mass is 289 g/mol. The van der Waals surface area contributed by atoms with Crippen LogP contribution in [0.5, 0.6) is 0 Å². The summed E-state index contributed by atoms with van der Waals surface area (Å²) in [7, 11) is 1.64. The Balaban J connectivity index is 2.10. The maximum atomic E-state index is 11.8. The van der Waals surface area contributed by atoms with Gasteiger partial charge < -0.3 is 14.4 Å². The molecule has 1 unspecified atom stereocenters. The first-order valence-electron chi connectivity index (χ1n) is 6.61. The van der Waals surface area contributed by atoms with Crippen LogP contribution in [-0.2, 0) is 19.1 Å². The molecule has 19 heavy (non-hydrogen) atoms. The second kappa shape index (κ2) is 9.34. The van der Waals surface area contributed by atoms with E-state index in [1.165, 1.54) is 11.8 Å². The standard InChI is InChI=1S/C13H23NO4S/c1-11(15)19-10-12-8-13(16)14(9-12)4-3-5-18-7-6-17-2/h12H,3-10H2,1-2H3. The van der Waals surface area contributed by atoms with Gasteiger partial charge in [0.1, 0.15) is 0 Å². The van der Waals surface area contributed by atoms with E-state index in [2.05, 4.69) is 0 Å². The van der Waals surface area contributed by atoms with E-state index in [0.29, 0.717) is 32.2 Å². The van der Waals surface area contributed by atoms with Gasteiger partial charge in [0.05, 0.1) is 13.2 Å². The molecule has 1 rings (SSSR count). The molecular weight excluding hydrogens is 266 g/mol. The van der Waals surface area contributed by atoms with E-state index in [0.717, 1.165) is 25.3 Å². The lowest BCUT2D eigenvalue weighted by Gasteiger charge is -2.16. The van der Waals surface area contributed by atoms with Crippen molar-refractivity contribution in [3.05, 3.63) is 0 Å². The Morgan fingerprint density at radius 2 is 2.21 bits per heavy atom. The molecular formula is C13H23NO4S. The lowest BCUT2D eigenvalue weighted by atomic mass is 10.1. The summed E-state index contributed by atoms with van der Waals surface area (Å²) in [6, 6.07) is 0. The van der Waals surface area contributed by atoms with Crippen LogP contribution in [-0.4, -0.2) is 61.7 Å². The van der Waals surface area contributed by atoms with Gasteiger partial charge in [-0.2, -0.15) is 0 Å². The molecule has 0 aliphatic carbocycles. The Morgan fingerprint density at radius 1 is 1.42 bits per heavy atom. The number of ether oxygens (including phenoxy) is 2. The van der Waals surface area contributed by atoms with Gasteiger partial charge in [-0.15, -0.1) is 0 Å². The zero-order valence-electron chi connectivity index (χ0n) is 11.7. The van der Waals surface area contributed by atoms with Crippen molar-refractivity contribution in [2.45, 2.75) is 19.8 Å². The Hall–Kier alpha value is -0.590. The first-order chi connectivity index (χ1) is 9.13. The third-order valence-electron chi connectivity index (χ3n) is 2.97. The van der Waals surface area contributed by atoms with E-state index >= 15 is 0 Å². The van der Waals surface area contributed by atoms with Crippen molar-refractivity contribution in [3.8, 4) is 0 Å². The molecule has 1 amide bonds. The third kappa shape index (κ3) is 6.94. The average molecular weight is 289 g/mol. The van der Waals surface area contributed by atoms with Gasteiger partial charge in [0, 0.05) is 45.9 Å². The summed E-state index contributed by atoms with van der Waals surface area (Å²) in [5.74, 6) is 1.27. The zero-order chi connectivity index (χ0) is 14.1. The van der Waals surface area contributed by atoms with E-state index in [-0.39, 0.29) is 11.0 Å². The zero-order valence-corrected chi connectivity index (χ0v) is 12.5. The van der Waals surface area contributed by atoms with Gasteiger partial charge in [0.25, 0.3) is 0 Å². The van der Waals surface area contributed by atoms with Crippen molar-refractivity contribution in [2.75, 3.05) is 45.8 Å². The summed E-state index contributed by atoms with van der Waals surface area (Å²) in [5.41, 5.74) is 0. The number of carbonyl (C=O) groups is 2. The molecule has 0 aromatic rings. The second-order valence-electron chi connectivity index (χ2n) is 4.67. The number of hydrogen-bond donors (Lipinski definition) is 0. The normalized spacial score (nSPS) is 19.2. The van der Waals surface area contributed by atoms with Crippen LogP contribution in [0.3, 0.4) is 0 Å². The molecule has 0 aromatic carbocycles. The molecule has 1 saturated heterocycles. The molecule has 0 saturated carbocycles. The Labute approximate surface area is 119 Å². The van der Waals surface area contributed by atoms with Crippen LogP contribution in [0.4, 0.5) is 0 Å². The highest BCUT2D eigenvalue weighted by Crippen LogP contribution is 2.22. The Morgan fingerprint density at radius 3 is 2.89 bits per heavy atom. The van der Waals surface area contributed by atoms with Crippen LogP contribution in [0.25, 0.3) is 0 Å². The largest absolute Gasteiger partial charge is 0.382 e. The number of thioether (sulfide) groups is 1. The number of methoxy groups -OCH3 is 1. The number of rotatable bonds is 9. The van der Waals surface area contributed by atoms with Crippen LogP contribution < -0.4 is 0 Å². The minimum atomic E-state index is 0.123. The number of hydrogen-bond acceptors (Lipinski definition) is 5. The van der Waals surface area contributed by atoms with E-state index in [1.807, 2.05) is 4.90 Å². The highest BCUT2D eigenvalue weighted by molar-refractivity contribution is 8.13. The predicted octanol–water partition coefficient (Wildman–Crippen LogP) is 1.17. The van der Waals surface area contributed by atoms with Crippen molar-refractivity contribution >= 4 is 22.8 Å². The minimum absolute atomic E-state index is 0.123. The average Bonchev–Trinajstić information content (AvgIpc) is 2.72. The molecule has 0 spiro atoms. The molecule has 5 nitrogen and oxygen atoms in total. The molecule has 0 bridgehead atoms. The van der Waals surface area contributed by atoms with E-state index in [4.69, 9.17) is 9.47 Å². The molecule has 110 valence electrons. The lowest BCUT2D eigenvalue weighted by Crippen LogP contribution is -2.27. The fraction of sp³-hybridized carbons (Fsp3) is 0.846. The molecule has 1 heterocycles. The van der Waals surface area contributed by atoms with Gasteiger partial charge >= 0.3 is 0 Å². The second-order valence-corrected chi connectivity index (χ2v) is 5.87. The maximum absolute atomic E-state index is 11.8. The van der Waals surface area contributed by atoms with Gasteiger partial charge in [-0.05, 0) is 12.3 Å². The van der Waals surface area contributed by atoms with Gasteiger partial charge in [0.2, 0.25) is 5.91 Å². The minimum Gasteiger partial charge on any atom is -0.382 e. The molecule has 0 radical (unpaired) electrons. The summed E-state index contributed by atoms with van der Waals surface area (Å²) >= 11 is 1.31. The number of likely N-dealkylation sites (tertiary alicyclic amines) is 1. The van der Waals surface area contributed by atoms with Crippen molar-refractivity contribution < 1.29 is 19.1 Å². The first kappa shape index (κ1) is 16.5. The van der Waals surface area contributed by atoms with Gasteiger partial charge in [-0.25, -0.2) is 0 Å². The number of nitrogens with zero attached hydrogens (tertiary/aromatic N) is 1. The summed E-state index contributed by atoms with van der Waals surface area (Å²) in [6.45, 7) is 4.94. The van der Waals surface area contributed by atoms with Crippen molar-refractivity contribution in [2.24, 2.45) is 5.92 Å². The highest BCUT2D eigenvalue weighted by atomic mass is 32.2. The van der Waals surface area contributed by atoms with Gasteiger partial charge in [0.15, 0.2) is 5.12 Å². The molecule has 1 aliphatic rings. The molecule has 1 fully saturated rings. The van der Waals surface area contributed by atoms with Crippen LogP contribution in [0, 0.1) is 5.92 Å². The molecule has 1 atom stereocenters. The molecule has 1 aliphatic heterocycles. The maximum Gasteiger partial charge on any atom is 0.222 e. The number of amides is 1. The van der Waals surface area contributed by atoms with E-state index < -0.39 is 0 Å². The van der Waals surface area contributed by atoms with Crippen LogP contribution in [0.1, 0.15) is 19.8 Å². The van der Waals surface area contributed by atoms with Gasteiger partial charge in [-0.3, -0.25) is 9.59 Å². The summed E-state index contributed by atoms with van der Waals surface area (Å²) < 4.78 is 10.2. The van der Waals surface area contributed by atoms with E-state index in [1.54, 1.807) is 14.0 Å². The van der Waals surface area contributed by atoms with Crippen molar-refractivity contribution in [1.29, 1.82) is 0 Å². The van der Waals surface area contributed by atoms with Crippen LogP contribution in [0.15, 0.2) is 0 Å². The summed E-state index contributed by atoms with van der Waals surface area (Å²) in [6.07, 6.45) is 1.42. The molecule has 0 aromatic heterocycles. The van der Waals surface area contributed by atoms with Crippen LogP contribution in [0.2, 0.25) is 0 Å². The number of carbonyl (C=O) groups excluding carboxylic acids is 2. The van der Waals surface area contributed by atoms with Gasteiger partial charge in [-0.1, -0.05) is 11.8 Å². The predicted molar refractivity (Wildman–Crippen MR) is 75.1 cm³/mol. The smallest absolute Gasteiger partial charge is 0.222 e.